The summed E-state index contributed by atoms with van der Waals surface area (Å²) in [6.45, 7) is 2.58. The standard InChI is InChI=1S/C11H12BrF3N2/c1-10(2-3-10)6-17-9-8(11(13,14)15)4-7(12)5-16-9/h4-5H,2-3,6H2,1H3,(H,16,17). The molecule has 1 aromatic heterocycles. The fourth-order valence-electron chi connectivity index (χ4n) is 1.48. The highest BCUT2D eigenvalue weighted by atomic mass is 79.9. The van der Waals surface area contributed by atoms with E-state index in [0.29, 0.717) is 11.0 Å². The average molecular weight is 309 g/mol. The van der Waals surface area contributed by atoms with Crippen molar-refractivity contribution in [1.82, 2.24) is 4.98 Å². The Kier molecular flexibility index (Phi) is 3.10. The molecule has 1 N–H and O–H groups in total. The maximum Gasteiger partial charge on any atom is 0.419 e. The SMILES string of the molecule is CC1(CNc2ncc(Br)cc2C(F)(F)F)CC1. The van der Waals surface area contributed by atoms with Gasteiger partial charge in [0.2, 0.25) is 0 Å². The molecule has 0 amide bonds. The van der Waals surface area contributed by atoms with Crippen molar-refractivity contribution in [3.05, 3.63) is 22.3 Å². The van der Waals surface area contributed by atoms with Crippen molar-refractivity contribution >= 4 is 21.7 Å². The van der Waals surface area contributed by atoms with Crippen molar-refractivity contribution in [2.45, 2.75) is 25.9 Å². The first-order valence-electron chi connectivity index (χ1n) is 5.27. The average Bonchev–Trinajstić information content (AvgIpc) is 2.94. The Labute approximate surface area is 106 Å². The molecular formula is C11H12BrF3N2. The smallest absolute Gasteiger partial charge is 0.369 e. The summed E-state index contributed by atoms with van der Waals surface area (Å²) in [6.07, 6.45) is -0.911. The Morgan fingerprint density at radius 1 is 1.47 bits per heavy atom. The van der Waals surface area contributed by atoms with Crippen LogP contribution in [0.2, 0.25) is 0 Å². The third-order valence-corrected chi connectivity index (χ3v) is 3.38. The van der Waals surface area contributed by atoms with Crippen LogP contribution in [-0.4, -0.2) is 11.5 Å². The summed E-state index contributed by atoms with van der Waals surface area (Å²) in [5.41, 5.74) is -0.589. The number of anilines is 1. The van der Waals surface area contributed by atoms with E-state index in [1.165, 1.54) is 6.20 Å². The Bertz CT molecular complexity index is 427. The Morgan fingerprint density at radius 3 is 2.65 bits per heavy atom. The van der Waals surface area contributed by atoms with Gasteiger partial charge in [-0.1, -0.05) is 6.92 Å². The second-order valence-corrected chi connectivity index (χ2v) is 5.63. The van der Waals surface area contributed by atoms with Gasteiger partial charge in [0.05, 0.1) is 5.56 Å². The molecule has 2 rings (SSSR count). The van der Waals surface area contributed by atoms with E-state index in [0.717, 1.165) is 18.9 Å². The fourth-order valence-corrected chi connectivity index (χ4v) is 1.81. The molecule has 1 heterocycles. The van der Waals surface area contributed by atoms with Gasteiger partial charge < -0.3 is 5.32 Å². The highest BCUT2D eigenvalue weighted by Crippen LogP contribution is 2.45. The molecule has 94 valence electrons. The second-order valence-electron chi connectivity index (χ2n) is 4.71. The summed E-state index contributed by atoms with van der Waals surface area (Å²) in [6, 6.07) is 1.05. The van der Waals surface area contributed by atoms with Crippen molar-refractivity contribution in [3.63, 3.8) is 0 Å². The lowest BCUT2D eigenvalue weighted by atomic mass is 10.1. The van der Waals surface area contributed by atoms with Crippen molar-refractivity contribution in [2.75, 3.05) is 11.9 Å². The molecule has 0 unspecified atom stereocenters. The van der Waals surface area contributed by atoms with E-state index in [9.17, 15) is 13.2 Å². The largest absolute Gasteiger partial charge is 0.419 e. The van der Waals surface area contributed by atoms with Gasteiger partial charge in [0.1, 0.15) is 5.82 Å². The first kappa shape index (κ1) is 12.7. The van der Waals surface area contributed by atoms with E-state index < -0.39 is 11.7 Å². The van der Waals surface area contributed by atoms with E-state index in [4.69, 9.17) is 0 Å². The van der Waals surface area contributed by atoms with Gasteiger partial charge >= 0.3 is 6.18 Å². The maximum absolute atomic E-state index is 12.8. The molecule has 2 nitrogen and oxygen atoms in total. The highest BCUT2D eigenvalue weighted by Gasteiger charge is 2.39. The van der Waals surface area contributed by atoms with E-state index in [1.807, 2.05) is 6.92 Å². The zero-order valence-corrected chi connectivity index (χ0v) is 10.8. The molecule has 0 aliphatic heterocycles. The first-order chi connectivity index (χ1) is 7.80. The van der Waals surface area contributed by atoms with Crippen molar-refractivity contribution < 1.29 is 13.2 Å². The van der Waals surface area contributed by atoms with Crippen LogP contribution in [-0.2, 0) is 6.18 Å². The molecule has 6 heteroatoms. The zero-order valence-electron chi connectivity index (χ0n) is 9.24. The Hall–Kier alpha value is -0.780. The maximum atomic E-state index is 12.8. The summed E-state index contributed by atoms with van der Waals surface area (Å²) in [5.74, 6) is -0.0891. The van der Waals surface area contributed by atoms with E-state index >= 15 is 0 Å². The number of hydrogen-bond donors (Lipinski definition) is 1. The van der Waals surface area contributed by atoms with Crippen LogP contribution in [0, 0.1) is 5.41 Å². The summed E-state index contributed by atoms with van der Waals surface area (Å²) >= 11 is 3.00. The number of rotatable bonds is 3. The summed E-state index contributed by atoms with van der Waals surface area (Å²) in [7, 11) is 0. The number of alkyl halides is 3. The molecule has 0 bridgehead atoms. The van der Waals surface area contributed by atoms with Crippen molar-refractivity contribution in [1.29, 1.82) is 0 Å². The molecule has 17 heavy (non-hydrogen) atoms. The molecule has 0 spiro atoms. The van der Waals surface area contributed by atoms with Crippen LogP contribution in [0.15, 0.2) is 16.7 Å². The number of hydrogen-bond acceptors (Lipinski definition) is 2. The highest BCUT2D eigenvalue weighted by molar-refractivity contribution is 9.10. The molecular weight excluding hydrogens is 297 g/mol. The lowest BCUT2D eigenvalue weighted by Gasteiger charge is -2.16. The minimum Gasteiger partial charge on any atom is -0.369 e. The van der Waals surface area contributed by atoms with Gasteiger partial charge in [0.25, 0.3) is 0 Å². The molecule has 0 radical (unpaired) electrons. The number of nitrogens with one attached hydrogen (secondary N) is 1. The number of nitrogens with zero attached hydrogens (tertiary/aromatic N) is 1. The topological polar surface area (TPSA) is 24.9 Å². The van der Waals surface area contributed by atoms with Crippen LogP contribution in [0.25, 0.3) is 0 Å². The second kappa shape index (κ2) is 4.15. The third kappa shape index (κ3) is 3.12. The molecule has 0 saturated heterocycles. The van der Waals surface area contributed by atoms with Gasteiger partial charge in [-0.25, -0.2) is 4.98 Å². The first-order valence-corrected chi connectivity index (χ1v) is 6.06. The third-order valence-electron chi connectivity index (χ3n) is 2.95. The van der Waals surface area contributed by atoms with E-state index in [-0.39, 0.29) is 11.2 Å². The number of aromatic nitrogens is 1. The van der Waals surface area contributed by atoms with Gasteiger partial charge in [-0.05, 0) is 40.3 Å². The lowest BCUT2D eigenvalue weighted by molar-refractivity contribution is -0.137. The summed E-state index contributed by atoms with van der Waals surface area (Å²) < 4.78 is 38.6. The van der Waals surface area contributed by atoms with E-state index in [2.05, 4.69) is 26.2 Å². The van der Waals surface area contributed by atoms with Crippen LogP contribution >= 0.6 is 15.9 Å². The molecule has 1 aliphatic carbocycles. The fraction of sp³-hybridized carbons (Fsp3) is 0.545. The van der Waals surface area contributed by atoms with Gasteiger partial charge in [0.15, 0.2) is 0 Å². The predicted molar refractivity (Wildman–Crippen MR) is 62.8 cm³/mol. The quantitative estimate of drug-likeness (QED) is 0.910. The normalized spacial score (nSPS) is 17.9. The molecule has 0 aromatic carbocycles. The minimum atomic E-state index is -4.39. The molecule has 1 saturated carbocycles. The molecule has 1 fully saturated rings. The number of pyridine rings is 1. The summed E-state index contributed by atoms with van der Waals surface area (Å²) in [4.78, 5) is 3.80. The Morgan fingerprint density at radius 2 is 2.12 bits per heavy atom. The van der Waals surface area contributed by atoms with Gasteiger partial charge in [-0.3, -0.25) is 0 Å². The van der Waals surface area contributed by atoms with Crippen LogP contribution in [0.1, 0.15) is 25.3 Å². The van der Waals surface area contributed by atoms with Gasteiger partial charge in [-0.15, -0.1) is 0 Å². The molecule has 1 aliphatic rings. The predicted octanol–water partition coefficient (Wildman–Crippen LogP) is 4.07. The van der Waals surface area contributed by atoms with E-state index in [1.54, 1.807) is 0 Å². The van der Waals surface area contributed by atoms with Gasteiger partial charge in [0, 0.05) is 17.2 Å². The summed E-state index contributed by atoms with van der Waals surface area (Å²) in [5, 5.41) is 2.80. The monoisotopic (exact) mass is 308 g/mol. The van der Waals surface area contributed by atoms with Crippen molar-refractivity contribution in [2.24, 2.45) is 5.41 Å². The van der Waals surface area contributed by atoms with Crippen molar-refractivity contribution in [3.8, 4) is 0 Å². The van der Waals surface area contributed by atoms with Gasteiger partial charge in [-0.2, -0.15) is 13.2 Å². The molecule has 1 aromatic rings. The van der Waals surface area contributed by atoms with Crippen LogP contribution in [0.4, 0.5) is 19.0 Å². The van der Waals surface area contributed by atoms with Crippen LogP contribution in [0.3, 0.4) is 0 Å². The molecule has 0 atom stereocenters. The van der Waals surface area contributed by atoms with Crippen LogP contribution in [0.5, 0.6) is 0 Å². The number of halogens is 4. The minimum absolute atomic E-state index is 0.0891. The zero-order chi connectivity index (χ0) is 12.7. The lowest BCUT2D eigenvalue weighted by Crippen LogP contribution is -2.17. The Balaban J connectivity index is 2.20. The van der Waals surface area contributed by atoms with Crippen LogP contribution < -0.4 is 5.32 Å².